The molecule has 0 aliphatic carbocycles. The van der Waals surface area contributed by atoms with Gasteiger partial charge in [0, 0.05) is 5.69 Å². The van der Waals surface area contributed by atoms with Gasteiger partial charge in [-0.15, -0.1) is 0 Å². The Morgan fingerprint density at radius 3 is 2.77 bits per heavy atom. The number of halogens is 2. The number of hydrogen-bond acceptors (Lipinski definition) is 6. The lowest BCUT2D eigenvalue weighted by atomic mass is 10.1. The molecule has 3 N–H and O–H groups in total. The largest absolute Gasteiger partial charge is 0.368 e. The van der Waals surface area contributed by atoms with Crippen LogP contribution in [-0.4, -0.2) is 14.5 Å². The summed E-state index contributed by atoms with van der Waals surface area (Å²) >= 11 is 6.29. The number of nitrogens with one attached hydrogen (secondary N) is 1. The Kier molecular flexibility index (Phi) is 5.28. The first kappa shape index (κ1) is 20.3. The van der Waals surface area contributed by atoms with Crippen LogP contribution in [0.3, 0.4) is 0 Å². The van der Waals surface area contributed by atoms with Crippen molar-refractivity contribution in [1.29, 1.82) is 5.26 Å². The van der Waals surface area contributed by atoms with E-state index in [4.69, 9.17) is 17.3 Å². The zero-order valence-corrected chi connectivity index (χ0v) is 17.1. The van der Waals surface area contributed by atoms with Gasteiger partial charge >= 0.3 is 0 Å². The molecule has 7 nitrogen and oxygen atoms in total. The van der Waals surface area contributed by atoms with Crippen LogP contribution in [0.2, 0.25) is 5.02 Å². The molecule has 2 aromatic heterocycles. The van der Waals surface area contributed by atoms with Gasteiger partial charge in [-0.3, -0.25) is 9.36 Å². The lowest BCUT2D eigenvalue weighted by molar-refractivity contribution is 0.611. The number of para-hydroxylation sites is 1. The summed E-state index contributed by atoms with van der Waals surface area (Å²) in [6, 6.07) is 14.3. The molecular formula is C22H16ClFN6O. The second-order valence-electron chi connectivity index (χ2n) is 6.83. The van der Waals surface area contributed by atoms with Crippen LogP contribution in [0.5, 0.6) is 0 Å². The highest BCUT2D eigenvalue weighted by atomic mass is 35.5. The average Bonchev–Trinajstić information content (AvgIpc) is 2.74. The summed E-state index contributed by atoms with van der Waals surface area (Å²) in [5, 5.41) is 13.6. The molecule has 0 spiro atoms. The van der Waals surface area contributed by atoms with Crippen molar-refractivity contribution in [3.8, 4) is 11.8 Å². The van der Waals surface area contributed by atoms with E-state index in [9.17, 15) is 14.4 Å². The molecule has 2 aromatic carbocycles. The van der Waals surface area contributed by atoms with Crippen molar-refractivity contribution >= 4 is 34.1 Å². The van der Waals surface area contributed by atoms with Crippen molar-refractivity contribution in [2.45, 2.75) is 13.0 Å². The Bertz CT molecular complexity index is 1410. The van der Waals surface area contributed by atoms with Crippen molar-refractivity contribution in [1.82, 2.24) is 14.5 Å². The van der Waals surface area contributed by atoms with E-state index in [1.54, 1.807) is 43.3 Å². The molecule has 31 heavy (non-hydrogen) atoms. The molecular weight excluding hydrogens is 419 g/mol. The fourth-order valence-corrected chi connectivity index (χ4v) is 3.67. The molecule has 0 bridgehead atoms. The summed E-state index contributed by atoms with van der Waals surface area (Å²) in [5.41, 5.74) is 5.92. The van der Waals surface area contributed by atoms with Crippen molar-refractivity contribution in [2.75, 3.05) is 11.1 Å². The minimum absolute atomic E-state index is 0.00881. The zero-order valence-electron chi connectivity index (χ0n) is 16.3. The van der Waals surface area contributed by atoms with Gasteiger partial charge in [-0.05, 0) is 36.6 Å². The van der Waals surface area contributed by atoms with Crippen LogP contribution < -0.4 is 16.6 Å². The molecule has 0 aliphatic heterocycles. The summed E-state index contributed by atoms with van der Waals surface area (Å²) in [5.74, 6) is -0.361. The number of anilines is 2. The molecule has 0 amide bonds. The second kappa shape index (κ2) is 8.05. The minimum atomic E-state index is -0.562. The monoisotopic (exact) mass is 434 g/mol. The summed E-state index contributed by atoms with van der Waals surface area (Å²) in [6.45, 7) is 1.77. The van der Waals surface area contributed by atoms with Gasteiger partial charge in [0.05, 0.1) is 28.3 Å². The highest BCUT2D eigenvalue weighted by Gasteiger charge is 2.20. The van der Waals surface area contributed by atoms with Gasteiger partial charge in [0.1, 0.15) is 23.3 Å². The smallest absolute Gasteiger partial charge is 0.264 e. The Hall–Kier alpha value is -3.96. The van der Waals surface area contributed by atoms with Crippen LogP contribution in [0.4, 0.5) is 16.2 Å². The Morgan fingerprint density at radius 2 is 2.03 bits per heavy atom. The highest BCUT2D eigenvalue weighted by Crippen LogP contribution is 2.28. The van der Waals surface area contributed by atoms with Gasteiger partial charge in [-0.2, -0.15) is 10.2 Å². The molecule has 0 aliphatic rings. The Morgan fingerprint density at radius 1 is 1.26 bits per heavy atom. The molecule has 4 rings (SSSR count). The van der Waals surface area contributed by atoms with Gasteiger partial charge in [-0.1, -0.05) is 35.9 Å². The second-order valence-corrected chi connectivity index (χ2v) is 7.24. The molecule has 9 heteroatoms. The quantitative estimate of drug-likeness (QED) is 0.498. The number of fused-ring (bicyclic) bond motifs is 1. The van der Waals surface area contributed by atoms with Gasteiger partial charge in [0.2, 0.25) is 5.95 Å². The molecule has 0 saturated heterocycles. The first-order valence-corrected chi connectivity index (χ1v) is 9.66. The number of aromatic nitrogens is 3. The minimum Gasteiger partial charge on any atom is -0.368 e. The lowest BCUT2D eigenvalue weighted by Gasteiger charge is -2.22. The van der Waals surface area contributed by atoms with E-state index in [2.05, 4.69) is 15.3 Å². The number of rotatable bonds is 4. The number of pyridine rings is 1. The van der Waals surface area contributed by atoms with E-state index >= 15 is 0 Å². The topological polar surface area (TPSA) is 110 Å². The summed E-state index contributed by atoms with van der Waals surface area (Å²) in [4.78, 5) is 21.3. The SMILES string of the molecule is C[C@H](Nc1nc(N)ncc1C#N)c1cc2cccc(Cl)c2c(=O)n1-c1ccccc1F. The lowest BCUT2D eigenvalue weighted by Crippen LogP contribution is -2.26. The normalized spacial score (nSPS) is 11.8. The van der Waals surface area contributed by atoms with Crippen LogP contribution >= 0.6 is 11.6 Å². The molecule has 0 radical (unpaired) electrons. The van der Waals surface area contributed by atoms with Gasteiger partial charge < -0.3 is 11.1 Å². The fraction of sp³-hybridized carbons (Fsp3) is 0.0909. The van der Waals surface area contributed by atoms with E-state index in [0.29, 0.717) is 11.1 Å². The first-order chi connectivity index (χ1) is 14.9. The predicted octanol–water partition coefficient (Wildman–Crippen LogP) is 4.20. The van der Waals surface area contributed by atoms with Crippen molar-refractivity contribution in [3.05, 3.63) is 87.2 Å². The Balaban J connectivity index is 1.96. The third-order valence-corrected chi connectivity index (χ3v) is 5.16. The third kappa shape index (κ3) is 3.67. The maximum atomic E-state index is 14.7. The van der Waals surface area contributed by atoms with Crippen molar-refractivity contribution in [3.63, 3.8) is 0 Å². The average molecular weight is 435 g/mol. The molecule has 0 unspecified atom stereocenters. The first-order valence-electron chi connectivity index (χ1n) is 9.29. The van der Waals surface area contributed by atoms with E-state index in [1.807, 2.05) is 6.07 Å². The molecule has 0 saturated carbocycles. The van der Waals surface area contributed by atoms with E-state index < -0.39 is 17.4 Å². The summed E-state index contributed by atoms with van der Waals surface area (Å²) < 4.78 is 16.0. The van der Waals surface area contributed by atoms with Crippen LogP contribution in [0.1, 0.15) is 24.2 Å². The molecule has 0 fully saturated rings. The standard InChI is InChI=1S/C22H16ClFN6O/c1-12(28-20-14(10-25)11-27-22(26)29-20)18-9-13-5-4-6-15(23)19(13)21(31)30(18)17-8-3-2-7-16(17)24/h2-9,11-12H,1H3,(H3,26,27,28,29)/t12-/m0/s1. The fourth-order valence-electron chi connectivity index (χ4n) is 3.41. The van der Waals surface area contributed by atoms with E-state index in [0.717, 1.165) is 0 Å². The van der Waals surface area contributed by atoms with Crippen LogP contribution in [0, 0.1) is 17.1 Å². The maximum Gasteiger partial charge on any atom is 0.264 e. The zero-order chi connectivity index (χ0) is 22.1. The van der Waals surface area contributed by atoms with Gasteiger partial charge in [0.25, 0.3) is 5.56 Å². The number of nitriles is 1. The predicted molar refractivity (Wildman–Crippen MR) is 118 cm³/mol. The Labute approximate surface area is 181 Å². The number of nitrogens with two attached hydrogens (primary N) is 1. The molecule has 4 aromatic rings. The number of benzene rings is 2. The number of nitrogen functional groups attached to an aromatic ring is 1. The number of hydrogen-bond donors (Lipinski definition) is 2. The number of nitrogens with zero attached hydrogens (tertiary/aromatic N) is 4. The third-order valence-electron chi connectivity index (χ3n) is 4.84. The van der Waals surface area contributed by atoms with Crippen LogP contribution in [-0.2, 0) is 0 Å². The van der Waals surface area contributed by atoms with Crippen molar-refractivity contribution < 1.29 is 4.39 Å². The maximum absolute atomic E-state index is 14.7. The highest BCUT2D eigenvalue weighted by molar-refractivity contribution is 6.35. The summed E-state index contributed by atoms with van der Waals surface area (Å²) in [7, 11) is 0. The van der Waals surface area contributed by atoms with Gasteiger partial charge in [0.15, 0.2) is 0 Å². The van der Waals surface area contributed by atoms with Crippen LogP contribution in [0.15, 0.2) is 59.5 Å². The van der Waals surface area contributed by atoms with Gasteiger partial charge in [-0.25, -0.2) is 9.37 Å². The van der Waals surface area contributed by atoms with Crippen molar-refractivity contribution in [2.24, 2.45) is 0 Å². The molecule has 2 heterocycles. The van der Waals surface area contributed by atoms with E-state index in [-0.39, 0.29) is 33.4 Å². The van der Waals surface area contributed by atoms with E-state index in [1.165, 1.54) is 22.9 Å². The molecule has 1 atom stereocenters. The molecule has 154 valence electrons. The summed E-state index contributed by atoms with van der Waals surface area (Å²) in [6.07, 6.45) is 1.31. The van der Waals surface area contributed by atoms with Crippen LogP contribution in [0.25, 0.3) is 16.5 Å².